The summed E-state index contributed by atoms with van der Waals surface area (Å²) in [6, 6.07) is 6.05. The molecule has 0 aliphatic carbocycles. The van der Waals surface area contributed by atoms with Crippen molar-refractivity contribution in [2.24, 2.45) is 5.73 Å². The number of hydrogen-bond acceptors (Lipinski definition) is 6. The Morgan fingerprint density at radius 2 is 1.86 bits per heavy atom. The summed E-state index contributed by atoms with van der Waals surface area (Å²) >= 11 is 0. The molecule has 0 aliphatic rings. The Balaban J connectivity index is 0.000000239. The maximum absolute atomic E-state index is 11.2. The van der Waals surface area contributed by atoms with Crippen LogP contribution in [0, 0.1) is 6.92 Å². The van der Waals surface area contributed by atoms with Crippen molar-refractivity contribution in [1.29, 1.82) is 0 Å². The SMILES string of the molecule is Cc1c(N)c(=O)oc2ccccc12.NC(CC(=O)O)C(=O)O. The number of carbonyl (C=O) groups is 2. The molecule has 8 nitrogen and oxygen atoms in total. The normalized spacial score (nSPS) is 11.4. The molecule has 1 atom stereocenters. The summed E-state index contributed by atoms with van der Waals surface area (Å²) in [5.74, 6) is -2.50. The number of anilines is 1. The Morgan fingerprint density at radius 1 is 1.27 bits per heavy atom. The molecule has 0 spiro atoms. The van der Waals surface area contributed by atoms with Gasteiger partial charge >= 0.3 is 17.6 Å². The van der Waals surface area contributed by atoms with Gasteiger partial charge < -0.3 is 26.1 Å². The van der Waals surface area contributed by atoms with Gasteiger partial charge in [0.15, 0.2) is 0 Å². The highest BCUT2D eigenvalue weighted by Gasteiger charge is 2.14. The quantitative estimate of drug-likeness (QED) is 0.599. The van der Waals surface area contributed by atoms with Gasteiger partial charge in [0.05, 0.1) is 6.42 Å². The van der Waals surface area contributed by atoms with Crippen molar-refractivity contribution in [3.63, 3.8) is 0 Å². The van der Waals surface area contributed by atoms with Crippen LogP contribution < -0.4 is 17.1 Å². The Morgan fingerprint density at radius 3 is 2.36 bits per heavy atom. The lowest BCUT2D eigenvalue weighted by Crippen LogP contribution is -2.32. The number of rotatable bonds is 3. The van der Waals surface area contributed by atoms with Gasteiger partial charge in [-0.1, -0.05) is 18.2 Å². The van der Waals surface area contributed by atoms with E-state index >= 15 is 0 Å². The average Bonchev–Trinajstić information content (AvgIpc) is 2.45. The van der Waals surface area contributed by atoms with Crippen LogP contribution in [0.3, 0.4) is 0 Å². The third-order valence-corrected chi connectivity index (χ3v) is 2.83. The van der Waals surface area contributed by atoms with E-state index in [4.69, 9.17) is 26.1 Å². The standard InChI is InChI=1S/C10H9NO2.C4H7NO4/c1-6-7-4-2-3-5-8(7)13-10(12)9(6)11;5-2(4(8)9)1-3(6)7/h2-5H,11H2,1H3;2H,1,5H2,(H,6,7)(H,8,9). The number of nitrogens with two attached hydrogens (primary N) is 2. The molecule has 2 aromatic rings. The molecule has 0 saturated carbocycles. The van der Waals surface area contributed by atoms with Crippen LogP contribution in [0.4, 0.5) is 5.69 Å². The molecule has 22 heavy (non-hydrogen) atoms. The van der Waals surface area contributed by atoms with Crippen LogP contribution in [-0.4, -0.2) is 28.2 Å². The number of aryl methyl sites for hydroxylation is 1. The van der Waals surface area contributed by atoms with E-state index in [0.29, 0.717) is 5.58 Å². The Bertz CT molecular complexity index is 753. The van der Waals surface area contributed by atoms with E-state index in [2.05, 4.69) is 0 Å². The molecule has 1 unspecified atom stereocenters. The van der Waals surface area contributed by atoms with Crippen molar-refractivity contribution in [1.82, 2.24) is 0 Å². The number of fused-ring (bicyclic) bond motifs is 1. The highest BCUT2D eigenvalue weighted by Crippen LogP contribution is 2.19. The predicted octanol–water partition coefficient (Wildman–Crippen LogP) is 0.557. The first kappa shape index (κ1) is 17.2. The second-order valence-electron chi connectivity index (χ2n) is 4.47. The minimum absolute atomic E-state index is 0.193. The first-order valence-corrected chi connectivity index (χ1v) is 6.22. The van der Waals surface area contributed by atoms with E-state index in [1.54, 1.807) is 6.07 Å². The molecule has 0 bridgehead atoms. The van der Waals surface area contributed by atoms with Gasteiger partial charge in [-0.25, -0.2) is 4.79 Å². The van der Waals surface area contributed by atoms with Crippen LogP contribution in [-0.2, 0) is 9.59 Å². The van der Waals surface area contributed by atoms with Gasteiger partial charge in [-0.2, -0.15) is 0 Å². The van der Waals surface area contributed by atoms with Gasteiger partial charge in [0.2, 0.25) is 0 Å². The lowest BCUT2D eigenvalue weighted by molar-refractivity contribution is -0.144. The monoisotopic (exact) mass is 308 g/mol. The summed E-state index contributed by atoms with van der Waals surface area (Å²) in [6.07, 6.45) is -0.532. The summed E-state index contributed by atoms with van der Waals surface area (Å²) < 4.78 is 4.99. The highest BCUT2D eigenvalue weighted by atomic mass is 16.4. The third kappa shape index (κ3) is 4.32. The van der Waals surface area contributed by atoms with Crippen molar-refractivity contribution in [3.05, 3.63) is 40.2 Å². The minimum atomic E-state index is -1.29. The number of hydrogen-bond donors (Lipinski definition) is 4. The summed E-state index contributed by atoms with van der Waals surface area (Å²) in [5.41, 5.74) is 11.5. The van der Waals surface area contributed by atoms with Crippen LogP contribution in [0.5, 0.6) is 0 Å². The highest BCUT2D eigenvalue weighted by molar-refractivity contribution is 5.83. The van der Waals surface area contributed by atoms with E-state index in [1.165, 1.54) is 0 Å². The second kappa shape index (κ2) is 7.23. The molecule has 0 saturated heterocycles. The zero-order valence-corrected chi connectivity index (χ0v) is 11.8. The fraction of sp³-hybridized carbons (Fsp3) is 0.214. The van der Waals surface area contributed by atoms with Crippen molar-refractivity contribution < 1.29 is 24.2 Å². The summed E-state index contributed by atoms with van der Waals surface area (Å²) in [7, 11) is 0. The molecule has 118 valence electrons. The van der Waals surface area contributed by atoms with E-state index in [-0.39, 0.29) is 5.69 Å². The Kier molecular flexibility index (Phi) is 5.65. The Hall–Kier alpha value is -2.87. The maximum atomic E-state index is 11.2. The zero-order valence-electron chi connectivity index (χ0n) is 11.8. The largest absolute Gasteiger partial charge is 0.481 e. The number of aliphatic carboxylic acids is 2. The molecule has 1 aromatic heterocycles. The molecule has 8 heteroatoms. The predicted molar refractivity (Wildman–Crippen MR) is 79.5 cm³/mol. The number of carboxylic acid groups (broad SMARTS) is 2. The van der Waals surface area contributed by atoms with Gasteiger partial charge in [0.25, 0.3) is 0 Å². The van der Waals surface area contributed by atoms with Gasteiger partial charge in [0, 0.05) is 5.39 Å². The molecule has 0 radical (unpaired) electrons. The van der Waals surface area contributed by atoms with Crippen LogP contribution in [0.2, 0.25) is 0 Å². The van der Waals surface area contributed by atoms with E-state index in [0.717, 1.165) is 10.9 Å². The molecule has 0 amide bonds. The summed E-state index contributed by atoms with van der Waals surface area (Å²) in [5, 5.41) is 16.9. The van der Waals surface area contributed by atoms with Crippen molar-refractivity contribution in [2.75, 3.05) is 5.73 Å². The number of carboxylic acids is 2. The third-order valence-electron chi connectivity index (χ3n) is 2.83. The Labute approximate surface area is 125 Å². The maximum Gasteiger partial charge on any atom is 0.359 e. The molecule has 0 aliphatic heterocycles. The van der Waals surface area contributed by atoms with Crippen LogP contribution in [0.1, 0.15) is 12.0 Å². The van der Waals surface area contributed by atoms with Crippen molar-refractivity contribution >= 4 is 28.6 Å². The second-order valence-corrected chi connectivity index (χ2v) is 4.47. The van der Waals surface area contributed by atoms with E-state index in [9.17, 15) is 14.4 Å². The topological polar surface area (TPSA) is 157 Å². The summed E-state index contributed by atoms with van der Waals surface area (Å²) in [4.78, 5) is 30.8. The van der Waals surface area contributed by atoms with Crippen molar-refractivity contribution in [2.45, 2.75) is 19.4 Å². The molecule has 2 rings (SSSR count). The zero-order chi connectivity index (χ0) is 16.9. The van der Waals surface area contributed by atoms with Gasteiger partial charge in [0.1, 0.15) is 17.3 Å². The van der Waals surface area contributed by atoms with Gasteiger partial charge in [-0.05, 0) is 18.6 Å². The van der Waals surface area contributed by atoms with Gasteiger partial charge in [-0.15, -0.1) is 0 Å². The first-order chi connectivity index (χ1) is 10.2. The molecule has 1 aromatic carbocycles. The lowest BCUT2D eigenvalue weighted by Gasteiger charge is -2.01. The van der Waals surface area contributed by atoms with Gasteiger partial charge in [-0.3, -0.25) is 9.59 Å². The molecule has 1 heterocycles. The molecular weight excluding hydrogens is 292 g/mol. The minimum Gasteiger partial charge on any atom is -0.481 e. The van der Waals surface area contributed by atoms with Crippen LogP contribution in [0.15, 0.2) is 33.5 Å². The van der Waals surface area contributed by atoms with Crippen LogP contribution in [0.25, 0.3) is 11.0 Å². The molecular formula is C14H16N2O6. The van der Waals surface area contributed by atoms with E-state index < -0.39 is 30.0 Å². The fourth-order valence-electron chi connectivity index (χ4n) is 1.59. The first-order valence-electron chi connectivity index (χ1n) is 6.22. The smallest absolute Gasteiger partial charge is 0.359 e. The van der Waals surface area contributed by atoms with E-state index in [1.807, 2.05) is 25.1 Å². The number of benzene rings is 1. The number of nitrogen functional groups attached to an aromatic ring is 1. The molecule has 6 N–H and O–H groups in total. The number of para-hydroxylation sites is 1. The molecule has 0 fully saturated rings. The fourth-order valence-corrected chi connectivity index (χ4v) is 1.59. The van der Waals surface area contributed by atoms with Crippen molar-refractivity contribution in [3.8, 4) is 0 Å². The van der Waals surface area contributed by atoms with Crippen LogP contribution >= 0.6 is 0 Å². The lowest BCUT2D eigenvalue weighted by atomic mass is 10.1. The average molecular weight is 308 g/mol. The summed E-state index contributed by atoms with van der Waals surface area (Å²) in [6.45, 7) is 1.81.